The quantitative estimate of drug-likeness (QED) is 0.136. The second-order valence-corrected chi connectivity index (χ2v) is 12.8. The van der Waals surface area contributed by atoms with Crippen LogP contribution in [0.4, 0.5) is 21.6 Å². The van der Waals surface area contributed by atoms with Gasteiger partial charge in [-0.2, -0.15) is 11.4 Å². The van der Waals surface area contributed by atoms with Gasteiger partial charge in [-0.15, -0.1) is 0 Å². The van der Waals surface area contributed by atoms with E-state index in [-0.39, 0.29) is 39.4 Å². The number of carbonyl (C=O) groups is 2. The number of benzene rings is 2. The van der Waals surface area contributed by atoms with Crippen molar-refractivity contribution in [2.45, 2.75) is 32.1 Å². The summed E-state index contributed by atoms with van der Waals surface area (Å²) in [6.07, 6.45) is 1.55. The number of ketones is 1. The predicted molar refractivity (Wildman–Crippen MR) is 166 cm³/mol. The number of Topliss-reactive ketones (excluding diaryl/α,β-unsaturated/α-hetero) is 1. The molecule has 0 saturated carbocycles. The molecule has 2 aromatic carbocycles. The number of halogens is 1. The summed E-state index contributed by atoms with van der Waals surface area (Å²) in [4.78, 5) is 35.8. The van der Waals surface area contributed by atoms with Gasteiger partial charge in [0.1, 0.15) is 11.0 Å². The zero-order valence-electron chi connectivity index (χ0n) is 23.7. The van der Waals surface area contributed by atoms with E-state index in [9.17, 15) is 19.1 Å². The molecule has 0 saturated heterocycles. The van der Waals surface area contributed by atoms with Crippen LogP contribution in [0.15, 0.2) is 66.9 Å². The van der Waals surface area contributed by atoms with Gasteiger partial charge in [-0.1, -0.05) is 39.0 Å². The van der Waals surface area contributed by atoms with E-state index in [0.29, 0.717) is 34.7 Å². The lowest BCUT2D eigenvalue weighted by Gasteiger charge is -2.27. The number of aliphatic hydroxyl groups is 1. The Morgan fingerprint density at radius 2 is 1.88 bits per heavy atom. The molecule has 42 heavy (non-hydrogen) atoms. The highest BCUT2D eigenvalue weighted by molar-refractivity contribution is 7.99. The number of H-pyrrole nitrogens is 1. The van der Waals surface area contributed by atoms with E-state index in [1.165, 1.54) is 25.3 Å². The zero-order valence-corrected chi connectivity index (χ0v) is 24.6. The molecule has 4 aromatic rings. The second kappa shape index (κ2) is 11.9. The minimum absolute atomic E-state index is 0.0399. The van der Waals surface area contributed by atoms with Crippen LogP contribution in [0.1, 0.15) is 47.2 Å². The lowest BCUT2D eigenvalue weighted by Crippen LogP contribution is -2.39. The van der Waals surface area contributed by atoms with Crippen LogP contribution in [0.2, 0.25) is 0 Å². The van der Waals surface area contributed by atoms with Gasteiger partial charge in [0.05, 0.1) is 30.6 Å². The number of fused-ring (bicyclic) bond motifs is 1. The maximum Gasteiger partial charge on any atom is 0.256 e. The van der Waals surface area contributed by atoms with Crippen LogP contribution in [-0.2, 0) is 6.54 Å². The minimum atomic E-state index is -0.569. The number of hydrogen-bond donors (Lipinski definition) is 5. The van der Waals surface area contributed by atoms with E-state index >= 15 is 0 Å². The first-order valence-corrected chi connectivity index (χ1v) is 14.2. The fourth-order valence-corrected chi connectivity index (χ4v) is 5.52. The highest BCUT2D eigenvalue weighted by Gasteiger charge is 2.32. The Morgan fingerprint density at radius 1 is 1.12 bits per heavy atom. The largest absolute Gasteiger partial charge is 0.494 e. The molecule has 4 N–H and O–H groups in total. The summed E-state index contributed by atoms with van der Waals surface area (Å²) in [6, 6.07) is 16.8. The van der Waals surface area contributed by atoms with Crippen molar-refractivity contribution < 1.29 is 23.8 Å². The van der Waals surface area contributed by atoms with Crippen LogP contribution in [0.5, 0.6) is 5.75 Å². The number of aliphatic hydroxyl groups excluding tert-OH is 1. The number of thiol groups is 1. The van der Waals surface area contributed by atoms with Crippen molar-refractivity contribution in [1.29, 1.82) is 0 Å². The van der Waals surface area contributed by atoms with Gasteiger partial charge in [0.25, 0.3) is 5.91 Å². The highest BCUT2D eigenvalue weighted by atomic mass is 32.1. The molecular weight excluding hydrogens is 557 g/mol. The predicted octanol–water partition coefficient (Wildman–Crippen LogP) is 6.13. The van der Waals surface area contributed by atoms with Gasteiger partial charge in [0.15, 0.2) is 17.3 Å². The van der Waals surface area contributed by atoms with Gasteiger partial charge < -0.3 is 25.5 Å². The molecule has 9 nitrogen and oxygen atoms in total. The van der Waals surface area contributed by atoms with Gasteiger partial charge in [-0.05, 0) is 42.5 Å². The fraction of sp³-hybridized carbons (Fsp3) is 0.226. The SMILES string of the molecule is COc1cc(C(=O)Nc2cc(-c3[nH]c4c(c3Nc3ccccc3)C(=O)CN(C(O)=[SH]C(C)(C)C)C4)ccn2)ccc1F. The maximum atomic E-state index is 13.8. The normalized spacial score (nSPS) is 14.1. The average Bonchev–Trinajstić information content (AvgIpc) is 3.31. The van der Waals surface area contributed by atoms with Crippen LogP contribution >= 0.6 is 11.4 Å². The monoisotopic (exact) mass is 589 g/mol. The third kappa shape index (κ3) is 6.43. The smallest absolute Gasteiger partial charge is 0.256 e. The molecule has 0 fully saturated rings. The highest BCUT2D eigenvalue weighted by Crippen LogP contribution is 2.38. The lowest BCUT2D eigenvalue weighted by atomic mass is 10.0. The number of anilines is 3. The number of amides is 1. The number of rotatable bonds is 6. The number of ether oxygens (including phenoxy) is 1. The Kier molecular flexibility index (Phi) is 8.26. The van der Waals surface area contributed by atoms with Crippen LogP contribution in [0, 0.1) is 5.82 Å². The third-order valence-electron chi connectivity index (χ3n) is 6.50. The Labute approximate surface area is 246 Å². The molecule has 0 bridgehead atoms. The number of carbonyl (C=O) groups excluding carboxylic acids is 2. The van der Waals surface area contributed by atoms with Crippen molar-refractivity contribution in [3.05, 3.63) is 89.5 Å². The second-order valence-electron chi connectivity index (χ2n) is 10.8. The van der Waals surface area contributed by atoms with Crippen LogP contribution in [-0.4, -0.2) is 55.2 Å². The molecular formula is C31H32FN5O4S. The molecule has 0 unspecified atom stereocenters. The minimum Gasteiger partial charge on any atom is -0.494 e. The van der Waals surface area contributed by atoms with Crippen LogP contribution in [0.3, 0.4) is 0 Å². The van der Waals surface area contributed by atoms with Gasteiger partial charge >= 0.3 is 0 Å². The summed E-state index contributed by atoms with van der Waals surface area (Å²) in [5.74, 6) is -0.967. The molecule has 0 aliphatic carbocycles. The van der Waals surface area contributed by atoms with Gasteiger partial charge in [0, 0.05) is 40.0 Å². The zero-order chi connectivity index (χ0) is 30.0. The third-order valence-corrected chi connectivity index (χ3v) is 7.66. The average molecular weight is 590 g/mol. The summed E-state index contributed by atoms with van der Waals surface area (Å²) in [7, 11) is 1.33. The fourth-order valence-electron chi connectivity index (χ4n) is 4.64. The van der Waals surface area contributed by atoms with E-state index in [4.69, 9.17) is 4.74 Å². The molecule has 2 aromatic heterocycles. The first-order chi connectivity index (χ1) is 20.0. The Bertz CT molecular complexity index is 1680. The summed E-state index contributed by atoms with van der Waals surface area (Å²) in [5.41, 5.74) is 4.09. The van der Waals surface area contributed by atoms with Crippen molar-refractivity contribution in [2.24, 2.45) is 0 Å². The number of para-hydroxylation sites is 1. The number of pyridine rings is 1. The maximum absolute atomic E-state index is 13.8. The van der Waals surface area contributed by atoms with E-state index in [0.717, 1.165) is 17.0 Å². The van der Waals surface area contributed by atoms with E-state index < -0.39 is 11.7 Å². The molecule has 3 heterocycles. The van der Waals surface area contributed by atoms with Gasteiger partial charge in [-0.25, -0.2) is 14.3 Å². The molecule has 218 valence electrons. The van der Waals surface area contributed by atoms with E-state index in [1.54, 1.807) is 23.2 Å². The Morgan fingerprint density at radius 3 is 2.60 bits per heavy atom. The molecule has 5 rings (SSSR count). The molecule has 0 radical (unpaired) electrons. The van der Waals surface area contributed by atoms with Gasteiger partial charge in [-0.3, -0.25) is 9.59 Å². The van der Waals surface area contributed by atoms with Crippen molar-refractivity contribution >= 4 is 45.4 Å². The molecule has 0 spiro atoms. The van der Waals surface area contributed by atoms with E-state index in [1.807, 2.05) is 51.1 Å². The molecule has 1 amide bonds. The summed E-state index contributed by atoms with van der Waals surface area (Å²) < 4.78 is 18.7. The van der Waals surface area contributed by atoms with Crippen molar-refractivity contribution in [1.82, 2.24) is 14.9 Å². The van der Waals surface area contributed by atoms with Crippen molar-refractivity contribution in [2.75, 3.05) is 24.3 Å². The van der Waals surface area contributed by atoms with Crippen molar-refractivity contribution in [3.63, 3.8) is 0 Å². The topological polar surface area (TPSA) is 120 Å². The molecule has 1 aliphatic heterocycles. The lowest BCUT2D eigenvalue weighted by molar-refractivity contribution is 0.0936. The standard InChI is InChI=1S/C31H32FN5O4S/c1-31(2,3)42-30(40)37-16-22-26(23(38)17-37)28(34-20-8-6-5-7-9-20)27(35-22)18-12-13-33-25(15-18)36-29(39)19-10-11-21(32)24(14-19)41-4/h5-15,34-35,40,42H,16-17H2,1-4H3,(H,33,36,39). The number of nitrogens with one attached hydrogen (secondary N) is 3. The van der Waals surface area contributed by atoms with Crippen LogP contribution in [0.25, 0.3) is 11.3 Å². The number of hydrogen-bond acceptors (Lipinski definition) is 5. The molecule has 11 heteroatoms. The van der Waals surface area contributed by atoms with Crippen LogP contribution < -0.4 is 15.4 Å². The summed E-state index contributed by atoms with van der Waals surface area (Å²) in [6.45, 7) is 6.41. The Hall–Kier alpha value is -4.32. The van der Waals surface area contributed by atoms with E-state index in [2.05, 4.69) is 20.6 Å². The molecule has 0 atom stereocenters. The Balaban J connectivity index is 1.52. The summed E-state index contributed by atoms with van der Waals surface area (Å²) >= 11 is 0.723. The van der Waals surface area contributed by atoms with Gasteiger partial charge in [0.2, 0.25) is 0 Å². The number of aromatic amines is 1. The first-order valence-electron chi connectivity index (χ1n) is 13.3. The number of methoxy groups -OCH3 is 1. The molecule has 1 aliphatic rings. The number of aromatic nitrogens is 2. The number of nitrogens with zero attached hydrogens (tertiary/aromatic N) is 2. The summed E-state index contributed by atoms with van der Waals surface area (Å²) in [5, 5.41) is 17.1. The van der Waals surface area contributed by atoms with Crippen molar-refractivity contribution in [3.8, 4) is 17.0 Å². The first kappa shape index (κ1) is 29.2.